The van der Waals surface area contributed by atoms with Gasteiger partial charge in [-0.15, -0.1) is 11.3 Å². The van der Waals surface area contributed by atoms with E-state index in [1.165, 1.54) is 22.5 Å². The maximum atomic E-state index is 12.6. The third-order valence-electron chi connectivity index (χ3n) is 4.85. The summed E-state index contributed by atoms with van der Waals surface area (Å²) in [6.45, 7) is 9.96. The average molecular weight is 401 g/mol. The van der Waals surface area contributed by atoms with Crippen molar-refractivity contribution in [2.45, 2.75) is 33.7 Å². The minimum Gasteiger partial charge on any atom is -0.340 e. The number of aryl methyl sites for hydroxylation is 1. The van der Waals surface area contributed by atoms with Crippen LogP contribution in [0.3, 0.4) is 0 Å². The van der Waals surface area contributed by atoms with E-state index in [0.717, 1.165) is 38.4 Å². The van der Waals surface area contributed by atoms with Gasteiger partial charge in [-0.1, -0.05) is 43.7 Å². The van der Waals surface area contributed by atoms with E-state index in [-0.39, 0.29) is 24.2 Å². The highest BCUT2D eigenvalue weighted by Gasteiger charge is 2.22. The van der Waals surface area contributed by atoms with Crippen LogP contribution in [-0.2, 0) is 22.6 Å². The molecule has 2 heterocycles. The zero-order valence-corrected chi connectivity index (χ0v) is 17.6. The van der Waals surface area contributed by atoms with Crippen LogP contribution in [0.25, 0.3) is 0 Å². The molecule has 28 heavy (non-hydrogen) atoms. The van der Waals surface area contributed by atoms with Gasteiger partial charge >= 0.3 is 0 Å². The summed E-state index contributed by atoms with van der Waals surface area (Å²) in [5, 5.41) is 5.19. The van der Waals surface area contributed by atoms with Gasteiger partial charge in [0.15, 0.2) is 5.13 Å². The van der Waals surface area contributed by atoms with E-state index in [9.17, 15) is 9.59 Å². The largest absolute Gasteiger partial charge is 0.340 e. The van der Waals surface area contributed by atoms with Crippen molar-refractivity contribution in [3.05, 3.63) is 46.5 Å². The Labute approximate surface area is 170 Å². The van der Waals surface area contributed by atoms with Gasteiger partial charge in [0.1, 0.15) is 0 Å². The molecule has 1 aliphatic rings. The third kappa shape index (κ3) is 5.62. The molecule has 0 atom stereocenters. The number of nitrogens with one attached hydrogen (secondary N) is 1. The van der Waals surface area contributed by atoms with E-state index in [2.05, 4.69) is 46.4 Å². The Hall–Kier alpha value is -2.25. The van der Waals surface area contributed by atoms with Crippen molar-refractivity contribution in [1.82, 2.24) is 14.8 Å². The molecule has 2 amide bonds. The first kappa shape index (κ1) is 20.5. The van der Waals surface area contributed by atoms with Gasteiger partial charge in [-0.05, 0) is 12.5 Å². The van der Waals surface area contributed by atoms with Crippen LogP contribution in [0.5, 0.6) is 0 Å². The fourth-order valence-electron chi connectivity index (χ4n) is 3.19. The number of thiazole rings is 1. The lowest BCUT2D eigenvalue weighted by Crippen LogP contribution is -2.48. The summed E-state index contributed by atoms with van der Waals surface area (Å²) in [6.07, 6.45) is 0.284. The first-order chi connectivity index (χ1) is 13.4. The molecule has 1 aliphatic heterocycles. The first-order valence-corrected chi connectivity index (χ1v) is 10.6. The summed E-state index contributed by atoms with van der Waals surface area (Å²) >= 11 is 1.36. The predicted molar refractivity (Wildman–Crippen MR) is 112 cm³/mol. The van der Waals surface area contributed by atoms with E-state index in [1.807, 2.05) is 24.1 Å². The highest BCUT2D eigenvalue weighted by molar-refractivity contribution is 7.13. The summed E-state index contributed by atoms with van der Waals surface area (Å²) in [6, 6.07) is 8.58. The second-order valence-electron chi connectivity index (χ2n) is 7.61. The molecule has 150 valence electrons. The van der Waals surface area contributed by atoms with Gasteiger partial charge in [0.05, 0.1) is 12.1 Å². The van der Waals surface area contributed by atoms with Crippen LogP contribution in [0.1, 0.15) is 30.7 Å². The highest BCUT2D eigenvalue weighted by atomic mass is 32.1. The van der Waals surface area contributed by atoms with Gasteiger partial charge < -0.3 is 10.2 Å². The van der Waals surface area contributed by atoms with Gasteiger partial charge in [0.25, 0.3) is 0 Å². The predicted octanol–water partition coefficient (Wildman–Crippen LogP) is 2.93. The zero-order chi connectivity index (χ0) is 20.1. The first-order valence-electron chi connectivity index (χ1n) is 9.71. The van der Waals surface area contributed by atoms with Gasteiger partial charge in [-0.2, -0.15) is 0 Å². The number of nitrogens with zero attached hydrogens (tertiary/aromatic N) is 3. The molecule has 1 aromatic carbocycles. The molecule has 1 N–H and O–H groups in total. The van der Waals surface area contributed by atoms with E-state index in [0.29, 0.717) is 5.13 Å². The number of hydrogen-bond donors (Lipinski definition) is 1. The summed E-state index contributed by atoms with van der Waals surface area (Å²) < 4.78 is 0. The van der Waals surface area contributed by atoms with Crippen LogP contribution in [0.2, 0.25) is 0 Å². The maximum Gasteiger partial charge on any atom is 0.228 e. The molecular formula is C21H28N4O2S. The number of carbonyl (C=O) groups is 2. The van der Waals surface area contributed by atoms with E-state index >= 15 is 0 Å². The van der Waals surface area contributed by atoms with Crippen molar-refractivity contribution < 1.29 is 9.59 Å². The lowest BCUT2D eigenvalue weighted by molar-refractivity contribution is -0.132. The minimum absolute atomic E-state index is 0.0584. The Morgan fingerprint density at radius 2 is 1.96 bits per heavy atom. The average Bonchev–Trinajstić information content (AvgIpc) is 3.09. The topological polar surface area (TPSA) is 65.5 Å². The number of hydrogen-bond acceptors (Lipinski definition) is 5. The van der Waals surface area contributed by atoms with Crippen molar-refractivity contribution in [3.8, 4) is 0 Å². The second-order valence-corrected chi connectivity index (χ2v) is 8.47. The molecule has 1 saturated heterocycles. The van der Waals surface area contributed by atoms with Crippen LogP contribution >= 0.6 is 11.3 Å². The van der Waals surface area contributed by atoms with Gasteiger partial charge in [-0.25, -0.2) is 4.98 Å². The highest BCUT2D eigenvalue weighted by Crippen LogP contribution is 2.18. The monoisotopic (exact) mass is 400 g/mol. The number of aromatic nitrogens is 1. The number of carbonyl (C=O) groups excluding carboxylic acids is 2. The van der Waals surface area contributed by atoms with Gasteiger partial charge in [0, 0.05) is 44.0 Å². The Morgan fingerprint density at radius 3 is 2.64 bits per heavy atom. The molecule has 6 nitrogen and oxygen atoms in total. The number of anilines is 1. The van der Waals surface area contributed by atoms with Crippen molar-refractivity contribution in [3.63, 3.8) is 0 Å². The quantitative estimate of drug-likeness (QED) is 0.810. The Bertz CT molecular complexity index is 825. The smallest absolute Gasteiger partial charge is 0.228 e. The normalized spacial score (nSPS) is 15.1. The summed E-state index contributed by atoms with van der Waals surface area (Å²) in [5.41, 5.74) is 3.31. The molecule has 0 radical (unpaired) electrons. The number of amides is 2. The minimum atomic E-state index is -0.0925. The molecule has 0 saturated carbocycles. The molecule has 0 unspecified atom stereocenters. The lowest BCUT2D eigenvalue weighted by Gasteiger charge is -2.34. The van der Waals surface area contributed by atoms with Crippen molar-refractivity contribution >= 4 is 28.3 Å². The Morgan fingerprint density at radius 1 is 1.21 bits per heavy atom. The Balaban J connectivity index is 1.46. The molecular weight excluding hydrogens is 372 g/mol. The molecule has 1 aromatic heterocycles. The van der Waals surface area contributed by atoms with E-state index in [1.54, 1.807) is 0 Å². The molecule has 3 rings (SSSR count). The van der Waals surface area contributed by atoms with Crippen LogP contribution in [-0.4, -0.2) is 52.8 Å². The van der Waals surface area contributed by atoms with E-state index in [4.69, 9.17) is 0 Å². The van der Waals surface area contributed by atoms with Gasteiger partial charge in [0.2, 0.25) is 11.8 Å². The zero-order valence-electron chi connectivity index (χ0n) is 16.8. The number of rotatable bonds is 6. The lowest BCUT2D eigenvalue weighted by atomic mass is 10.1. The van der Waals surface area contributed by atoms with Crippen LogP contribution in [0, 0.1) is 12.8 Å². The molecule has 1 fully saturated rings. The molecule has 2 aromatic rings. The van der Waals surface area contributed by atoms with Crippen molar-refractivity contribution in [1.29, 1.82) is 0 Å². The molecule has 7 heteroatoms. The van der Waals surface area contributed by atoms with Crippen molar-refractivity contribution in [2.75, 3.05) is 31.5 Å². The van der Waals surface area contributed by atoms with Crippen LogP contribution in [0.15, 0.2) is 29.6 Å². The second kappa shape index (κ2) is 9.30. The van der Waals surface area contributed by atoms with Gasteiger partial charge in [-0.3, -0.25) is 14.5 Å². The maximum absolute atomic E-state index is 12.6. The number of benzene rings is 1. The van der Waals surface area contributed by atoms with Crippen molar-refractivity contribution in [2.24, 2.45) is 5.92 Å². The van der Waals surface area contributed by atoms with Crippen LogP contribution < -0.4 is 5.32 Å². The number of piperazine rings is 1. The van der Waals surface area contributed by atoms with E-state index < -0.39 is 0 Å². The molecule has 0 bridgehead atoms. The standard InChI is InChI=1S/C21H28N4O2S/c1-15(2)20(27)23-21-22-18(14-28-21)12-19(26)25-9-7-24(8-10-25)13-17-6-4-5-16(3)11-17/h4-6,11,14-15H,7-10,12-13H2,1-3H3,(H,22,23,27). The summed E-state index contributed by atoms with van der Waals surface area (Å²) in [4.78, 5) is 33.0. The Kier molecular flexibility index (Phi) is 6.80. The fraction of sp³-hybridized carbons (Fsp3) is 0.476. The SMILES string of the molecule is Cc1cccc(CN2CCN(C(=O)Cc3csc(NC(=O)C(C)C)n3)CC2)c1. The fourth-order valence-corrected chi connectivity index (χ4v) is 3.90. The third-order valence-corrected chi connectivity index (χ3v) is 5.66. The van der Waals surface area contributed by atoms with Crippen LogP contribution in [0.4, 0.5) is 5.13 Å². The summed E-state index contributed by atoms with van der Waals surface area (Å²) in [7, 11) is 0. The molecule has 0 spiro atoms. The summed E-state index contributed by atoms with van der Waals surface area (Å²) in [5.74, 6) is -0.0516. The molecule has 0 aliphatic carbocycles.